The lowest BCUT2D eigenvalue weighted by Gasteiger charge is -2.00. The van der Waals surface area contributed by atoms with E-state index in [4.69, 9.17) is 0 Å². The zero-order chi connectivity index (χ0) is 10.3. The molecule has 2 aromatic heterocycles. The Balaban J connectivity index is 2.20. The van der Waals surface area contributed by atoms with Crippen LogP contribution in [-0.4, -0.2) is 15.0 Å². The van der Waals surface area contributed by atoms with Gasteiger partial charge in [0.15, 0.2) is 5.82 Å². The van der Waals surface area contributed by atoms with Crippen molar-refractivity contribution in [1.82, 2.24) is 15.0 Å². The van der Waals surface area contributed by atoms with Crippen molar-refractivity contribution in [1.29, 1.82) is 0 Å². The van der Waals surface area contributed by atoms with Crippen LogP contribution >= 0.6 is 11.3 Å². The Hall–Kier alpha value is -1.49. The van der Waals surface area contributed by atoms with E-state index in [1.807, 2.05) is 0 Å². The summed E-state index contributed by atoms with van der Waals surface area (Å²) in [5.74, 6) is 0.656. The van der Waals surface area contributed by atoms with Gasteiger partial charge in [0.25, 0.3) is 5.56 Å². The molecule has 0 saturated heterocycles. The predicted molar refractivity (Wildman–Crippen MR) is 58.0 cm³/mol. The summed E-state index contributed by atoms with van der Waals surface area (Å²) in [6, 6.07) is 0. The maximum atomic E-state index is 11.7. The van der Waals surface area contributed by atoms with Gasteiger partial charge < -0.3 is 4.98 Å². The second-order valence-electron chi connectivity index (χ2n) is 3.56. The molecule has 1 aliphatic rings. The molecule has 0 aliphatic heterocycles. The second-order valence-corrected chi connectivity index (χ2v) is 4.45. The summed E-state index contributed by atoms with van der Waals surface area (Å²) in [6.07, 6.45) is 4.55. The zero-order valence-electron chi connectivity index (χ0n) is 7.99. The fourth-order valence-electron chi connectivity index (χ4n) is 1.89. The molecule has 1 N–H and O–H groups in total. The molecule has 0 fully saturated rings. The van der Waals surface area contributed by atoms with Crippen molar-refractivity contribution in [2.45, 2.75) is 19.3 Å². The normalized spacial score (nSPS) is 14.1. The number of hydrogen-bond donors (Lipinski definition) is 1. The van der Waals surface area contributed by atoms with E-state index in [2.05, 4.69) is 15.0 Å². The van der Waals surface area contributed by atoms with Crippen LogP contribution < -0.4 is 5.56 Å². The van der Waals surface area contributed by atoms with Gasteiger partial charge in [0.2, 0.25) is 0 Å². The lowest BCUT2D eigenvalue weighted by molar-refractivity contribution is 0.899. The van der Waals surface area contributed by atoms with E-state index in [9.17, 15) is 4.79 Å². The first-order chi connectivity index (χ1) is 7.34. The number of aromatic nitrogens is 3. The first kappa shape index (κ1) is 8.79. The van der Waals surface area contributed by atoms with E-state index < -0.39 is 0 Å². The lowest BCUT2D eigenvalue weighted by atomic mass is 10.2. The van der Waals surface area contributed by atoms with E-state index in [-0.39, 0.29) is 5.56 Å². The summed E-state index contributed by atoms with van der Waals surface area (Å²) in [6.45, 7) is 0. The highest BCUT2D eigenvalue weighted by Crippen LogP contribution is 2.22. The molecular formula is C10H9N3OS. The molecule has 1 aliphatic carbocycles. The smallest absolute Gasteiger partial charge is 0.254 e. The summed E-state index contributed by atoms with van der Waals surface area (Å²) < 4.78 is 0. The minimum Gasteiger partial charge on any atom is -0.306 e. The number of nitrogens with one attached hydrogen (secondary N) is 1. The van der Waals surface area contributed by atoms with Crippen LogP contribution in [0.2, 0.25) is 0 Å². The van der Waals surface area contributed by atoms with Crippen LogP contribution in [0.3, 0.4) is 0 Å². The monoisotopic (exact) mass is 219 g/mol. The molecule has 0 atom stereocenters. The Kier molecular flexibility index (Phi) is 1.92. The first-order valence-corrected chi connectivity index (χ1v) is 5.73. The van der Waals surface area contributed by atoms with E-state index in [1.54, 1.807) is 11.7 Å². The largest absolute Gasteiger partial charge is 0.306 e. The van der Waals surface area contributed by atoms with E-state index in [0.29, 0.717) is 5.82 Å². The van der Waals surface area contributed by atoms with Crippen molar-refractivity contribution in [2.75, 3.05) is 0 Å². The van der Waals surface area contributed by atoms with Gasteiger partial charge in [0.1, 0.15) is 0 Å². The lowest BCUT2D eigenvalue weighted by Crippen LogP contribution is -2.14. The number of aromatic amines is 1. The maximum absolute atomic E-state index is 11.7. The van der Waals surface area contributed by atoms with Gasteiger partial charge >= 0.3 is 0 Å². The van der Waals surface area contributed by atoms with Crippen molar-refractivity contribution in [3.8, 4) is 10.7 Å². The average Bonchev–Trinajstić information content (AvgIpc) is 2.88. The highest BCUT2D eigenvalue weighted by Gasteiger charge is 2.17. The summed E-state index contributed by atoms with van der Waals surface area (Å²) in [5, 5.41) is 0. The fourth-order valence-corrected chi connectivity index (χ4v) is 2.46. The van der Waals surface area contributed by atoms with Gasteiger partial charge in [-0.05, 0) is 19.3 Å². The summed E-state index contributed by atoms with van der Waals surface area (Å²) in [4.78, 5) is 23.9. The number of thiazole rings is 1. The minimum atomic E-state index is 0.0147. The first-order valence-electron chi connectivity index (χ1n) is 4.85. The molecule has 2 aromatic rings. The molecule has 0 unspecified atom stereocenters. The van der Waals surface area contributed by atoms with Crippen LogP contribution in [0.1, 0.15) is 17.7 Å². The second kappa shape index (κ2) is 3.27. The number of aryl methyl sites for hydroxylation is 1. The van der Waals surface area contributed by atoms with E-state index in [0.717, 1.165) is 35.4 Å². The fraction of sp³-hybridized carbons (Fsp3) is 0.300. The van der Waals surface area contributed by atoms with E-state index >= 15 is 0 Å². The van der Waals surface area contributed by atoms with Gasteiger partial charge in [-0.1, -0.05) is 0 Å². The quantitative estimate of drug-likeness (QED) is 0.788. The van der Waals surface area contributed by atoms with Crippen molar-refractivity contribution < 1.29 is 0 Å². The maximum Gasteiger partial charge on any atom is 0.254 e. The van der Waals surface area contributed by atoms with Crippen LogP contribution in [0.15, 0.2) is 16.5 Å². The van der Waals surface area contributed by atoms with Crippen molar-refractivity contribution in [2.24, 2.45) is 0 Å². The van der Waals surface area contributed by atoms with Gasteiger partial charge in [0.05, 0.1) is 16.1 Å². The SMILES string of the molecule is O=c1[nH]c(-c2cncs2)nc2c1CCC2. The number of hydrogen-bond acceptors (Lipinski definition) is 4. The highest BCUT2D eigenvalue weighted by molar-refractivity contribution is 7.13. The molecule has 5 heteroatoms. The molecule has 15 heavy (non-hydrogen) atoms. The Morgan fingerprint density at radius 1 is 1.40 bits per heavy atom. The number of rotatable bonds is 1. The van der Waals surface area contributed by atoms with Gasteiger partial charge in [-0.15, -0.1) is 11.3 Å². The Morgan fingerprint density at radius 2 is 2.33 bits per heavy atom. The summed E-state index contributed by atoms with van der Waals surface area (Å²) >= 11 is 1.49. The van der Waals surface area contributed by atoms with E-state index in [1.165, 1.54) is 11.3 Å². The molecule has 4 nitrogen and oxygen atoms in total. The zero-order valence-corrected chi connectivity index (χ0v) is 8.80. The molecule has 0 bridgehead atoms. The third-order valence-electron chi connectivity index (χ3n) is 2.61. The molecule has 3 rings (SSSR count). The molecule has 2 heterocycles. The van der Waals surface area contributed by atoms with Crippen molar-refractivity contribution in [3.05, 3.63) is 33.3 Å². The number of H-pyrrole nitrogens is 1. The van der Waals surface area contributed by atoms with Gasteiger partial charge in [-0.2, -0.15) is 0 Å². The Labute approximate surface area is 90.0 Å². The molecular weight excluding hydrogens is 210 g/mol. The molecule has 0 radical (unpaired) electrons. The molecule has 76 valence electrons. The van der Waals surface area contributed by atoms with Crippen LogP contribution in [0, 0.1) is 0 Å². The summed E-state index contributed by atoms with van der Waals surface area (Å²) in [5.41, 5.74) is 3.58. The highest BCUT2D eigenvalue weighted by atomic mass is 32.1. The third-order valence-corrected chi connectivity index (χ3v) is 3.39. The van der Waals surface area contributed by atoms with Crippen LogP contribution in [0.5, 0.6) is 0 Å². The molecule has 0 spiro atoms. The molecule has 0 aromatic carbocycles. The Morgan fingerprint density at radius 3 is 3.13 bits per heavy atom. The van der Waals surface area contributed by atoms with Crippen LogP contribution in [-0.2, 0) is 12.8 Å². The molecule has 0 saturated carbocycles. The average molecular weight is 219 g/mol. The topological polar surface area (TPSA) is 58.6 Å². The number of fused-ring (bicyclic) bond motifs is 1. The Bertz CT molecular complexity index is 544. The summed E-state index contributed by atoms with van der Waals surface area (Å²) in [7, 11) is 0. The van der Waals surface area contributed by atoms with Crippen molar-refractivity contribution in [3.63, 3.8) is 0 Å². The third kappa shape index (κ3) is 1.39. The van der Waals surface area contributed by atoms with Gasteiger partial charge in [-0.25, -0.2) is 4.98 Å². The molecule has 0 amide bonds. The minimum absolute atomic E-state index is 0.0147. The number of nitrogens with zero attached hydrogens (tertiary/aromatic N) is 2. The standard InChI is InChI=1S/C10H9N3OS/c14-10-6-2-1-3-7(6)12-9(13-10)8-4-11-5-15-8/h4-5H,1-3H2,(H,12,13,14). The van der Waals surface area contributed by atoms with Gasteiger partial charge in [0, 0.05) is 11.8 Å². The van der Waals surface area contributed by atoms with Crippen LogP contribution in [0.25, 0.3) is 10.7 Å². The van der Waals surface area contributed by atoms with Crippen LogP contribution in [0.4, 0.5) is 0 Å². The predicted octanol–water partition coefficient (Wildman–Crippen LogP) is 1.38. The van der Waals surface area contributed by atoms with Gasteiger partial charge in [-0.3, -0.25) is 9.78 Å². The van der Waals surface area contributed by atoms with Crippen molar-refractivity contribution >= 4 is 11.3 Å².